The van der Waals surface area contributed by atoms with E-state index in [1.807, 2.05) is 37.3 Å². The Morgan fingerprint density at radius 1 is 1.00 bits per heavy atom. The van der Waals surface area contributed by atoms with Crippen molar-refractivity contribution in [3.05, 3.63) is 90.1 Å². The molecule has 0 fully saturated rings. The molecular weight excluding hydrogens is 418 g/mol. The highest BCUT2D eigenvalue weighted by atomic mass is 16.5. The summed E-state index contributed by atoms with van der Waals surface area (Å²) in [6.07, 6.45) is 1.80. The monoisotopic (exact) mass is 441 g/mol. The second-order valence-corrected chi connectivity index (χ2v) is 7.48. The molecule has 0 aliphatic carbocycles. The smallest absolute Gasteiger partial charge is 0.256 e. The van der Waals surface area contributed by atoms with Crippen LogP contribution in [0.15, 0.2) is 83.4 Å². The maximum absolute atomic E-state index is 13.0. The van der Waals surface area contributed by atoms with Crippen LogP contribution in [0, 0.1) is 6.92 Å². The maximum atomic E-state index is 13.0. The van der Waals surface area contributed by atoms with E-state index < -0.39 is 5.91 Å². The number of nitrogens with zero attached hydrogens (tertiary/aromatic N) is 1. The predicted molar refractivity (Wildman–Crippen MR) is 126 cm³/mol. The Bertz CT molecular complexity index is 1260. The summed E-state index contributed by atoms with van der Waals surface area (Å²) in [5.74, 6) is 0.873. The number of aryl methyl sites for hydroxylation is 1. The molecular formula is C26H23N3O4. The number of carbonyl (C=O) groups is 2. The summed E-state index contributed by atoms with van der Waals surface area (Å²) < 4.78 is 11.4. The van der Waals surface area contributed by atoms with Crippen molar-refractivity contribution in [3.63, 3.8) is 0 Å². The van der Waals surface area contributed by atoms with Gasteiger partial charge in [-0.1, -0.05) is 42.0 Å². The third-order valence-electron chi connectivity index (χ3n) is 4.97. The van der Waals surface area contributed by atoms with Crippen LogP contribution in [-0.4, -0.2) is 23.4 Å². The van der Waals surface area contributed by atoms with Crippen LogP contribution in [0.3, 0.4) is 0 Å². The van der Waals surface area contributed by atoms with Crippen molar-refractivity contribution in [2.45, 2.75) is 13.3 Å². The van der Waals surface area contributed by atoms with Crippen molar-refractivity contribution in [2.75, 3.05) is 11.9 Å². The molecule has 4 aromatic rings. The van der Waals surface area contributed by atoms with E-state index in [2.05, 4.69) is 10.3 Å². The zero-order chi connectivity index (χ0) is 23.2. The molecule has 3 aromatic carbocycles. The first-order valence-electron chi connectivity index (χ1n) is 10.4. The van der Waals surface area contributed by atoms with Crippen LogP contribution < -0.4 is 15.8 Å². The number of amides is 2. The lowest BCUT2D eigenvalue weighted by Crippen LogP contribution is -2.14. The summed E-state index contributed by atoms with van der Waals surface area (Å²) in [4.78, 5) is 28.2. The molecule has 1 aromatic heterocycles. The standard InChI is InChI=1S/C26H23N3O4/c1-17-6-8-18(9-7-17)23-16-28-26(33-23)22-5-3-2-4-21(22)25(31)29-19-10-12-20(13-11-19)32-15-14-24(27)30/h2-13,16H,14-15H2,1H3,(H2,27,30)(H,29,31). The first-order valence-corrected chi connectivity index (χ1v) is 10.4. The van der Waals surface area contributed by atoms with Gasteiger partial charge < -0.3 is 20.2 Å². The van der Waals surface area contributed by atoms with Crippen LogP contribution in [0.25, 0.3) is 22.8 Å². The minimum Gasteiger partial charge on any atom is -0.493 e. The van der Waals surface area contributed by atoms with Crippen LogP contribution in [0.4, 0.5) is 5.69 Å². The second-order valence-electron chi connectivity index (χ2n) is 7.48. The first kappa shape index (κ1) is 21.8. The van der Waals surface area contributed by atoms with E-state index in [0.29, 0.717) is 34.2 Å². The van der Waals surface area contributed by atoms with Gasteiger partial charge in [-0.25, -0.2) is 4.98 Å². The zero-order valence-corrected chi connectivity index (χ0v) is 18.1. The Balaban J connectivity index is 1.49. The fraction of sp³-hybridized carbons (Fsp3) is 0.115. The van der Waals surface area contributed by atoms with E-state index in [4.69, 9.17) is 14.9 Å². The molecule has 0 bridgehead atoms. The van der Waals surface area contributed by atoms with E-state index in [1.54, 1.807) is 48.7 Å². The summed E-state index contributed by atoms with van der Waals surface area (Å²) in [6.45, 7) is 2.23. The SMILES string of the molecule is Cc1ccc(-c2cnc(-c3ccccc3C(=O)Nc3ccc(OCCC(N)=O)cc3)o2)cc1. The Morgan fingerprint density at radius 2 is 1.73 bits per heavy atom. The number of aromatic nitrogens is 1. The summed E-state index contributed by atoms with van der Waals surface area (Å²) in [7, 11) is 0. The molecule has 0 aliphatic rings. The number of primary amides is 1. The van der Waals surface area contributed by atoms with Gasteiger partial charge in [-0.05, 0) is 43.3 Å². The quantitative estimate of drug-likeness (QED) is 0.407. The largest absolute Gasteiger partial charge is 0.493 e. The van der Waals surface area contributed by atoms with Crippen LogP contribution in [-0.2, 0) is 4.79 Å². The molecule has 0 atom stereocenters. The molecule has 3 N–H and O–H groups in total. The van der Waals surface area contributed by atoms with Crippen LogP contribution in [0.5, 0.6) is 5.75 Å². The molecule has 0 saturated heterocycles. The van der Waals surface area contributed by atoms with E-state index in [-0.39, 0.29) is 18.9 Å². The Hall–Kier alpha value is -4.39. The van der Waals surface area contributed by atoms with E-state index in [9.17, 15) is 9.59 Å². The lowest BCUT2D eigenvalue weighted by atomic mass is 10.1. The highest BCUT2D eigenvalue weighted by molar-refractivity contribution is 6.08. The summed E-state index contributed by atoms with van der Waals surface area (Å²) >= 11 is 0. The van der Waals surface area contributed by atoms with Crippen LogP contribution in [0.2, 0.25) is 0 Å². The lowest BCUT2D eigenvalue weighted by molar-refractivity contribution is -0.118. The van der Waals surface area contributed by atoms with E-state index in [1.165, 1.54) is 0 Å². The lowest BCUT2D eigenvalue weighted by Gasteiger charge is -2.10. The minimum absolute atomic E-state index is 0.141. The molecule has 4 rings (SSSR count). The molecule has 0 aliphatic heterocycles. The number of nitrogens with one attached hydrogen (secondary N) is 1. The summed E-state index contributed by atoms with van der Waals surface area (Å²) in [5.41, 5.74) is 8.82. The summed E-state index contributed by atoms with van der Waals surface area (Å²) in [6, 6.07) is 22.0. The molecule has 0 radical (unpaired) electrons. The molecule has 166 valence electrons. The Labute approximate surface area is 191 Å². The molecule has 7 heteroatoms. The Kier molecular flexibility index (Phi) is 6.50. The van der Waals surface area contributed by atoms with Crippen molar-refractivity contribution in [1.82, 2.24) is 4.98 Å². The number of ether oxygens (including phenoxy) is 1. The molecule has 0 saturated carbocycles. The number of carbonyl (C=O) groups excluding carboxylic acids is 2. The molecule has 2 amide bonds. The molecule has 1 heterocycles. The molecule has 7 nitrogen and oxygen atoms in total. The van der Waals surface area contributed by atoms with Crippen molar-refractivity contribution in [1.29, 1.82) is 0 Å². The van der Waals surface area contributed by atoms with Gasteiger partial charge in [0, 0.05) is 16.8 Å². The van der Waals surface area contributed by atoms with Gasteiger partial charge in [-0.15, -0.1) is 0 Å². The van der Waals surface area contributed by atoms with Crippen molar-refractivity contribution in [2.24, 2.45) is 5.73 Å². The van der Waals surface area contributed by atoms with Gasteiger partial charge >= 0.3 is 0 Å². The van der Waals surface area contributed by atoms with Gasteiger partial charge in [0.15, 0.2) is 5.76 Å². The van der Waals surface area contributed by atoms with Gasteiger partial charge in [0.2, 0.25) is 11.8 Å². The normalized spacial score (nSPS) is 10.6. The number of oxazole rings is 1. The maximum Gasteiger partial charge on any atom is 0.256 e. The Morgan fingerprint density at radius 3 is 2.45 bits per heavy atom. The second kappa shape index (κ2) is 9.82. The highest BCUT2D eigenvalue weighted by Gasteiger charge is 2.17. The molecule has 33 heavy (non-hydrogen) atoms. The van der Waals surface area contributed by atoms with E-state index >= 15 is 0 Å². The topological polar surface area (TPSA) is 107 Å². The fourth-order valence-corrected chi connectivity index (χ4v) is 3.22. The van der Waals surface area contributed by atoms with Gasteiger partial charge in [0.05, 0.1) is 24.8 Å². The minimum atomic E-state index is -0.422. The number of hydrogen-bond acceptors (Lipinski definition) is 5. The van der Waals surface area contributed by atoms with Crippen LogP contribution in [0.1, 0.15) is 22.3 Å². The summed E-state index contributed by atoms with van der Waals surface area (Å²) in [5, 5.41) is 2.88. The van der Waals surface area contributed by atoms with Crippen LogP contribution >= 0.6 is 0 Å². The zero-order valence-electron chi connectivity index (χ0n) is 18.1. The number of benzene rings is 3. The number of anilines is 1. The highest BCUT2D eigenvalue weighted by Crippen LogP contribution is 2.29. The number of nitrogens with two attached hydrogens (primary N) is 1. The average molecular weight is 441 g/mol. The van der Waals surface area contributed by atoms with Gasteiger partial charge in [-0.2, -0.15) is 0 Å². The molecule has 0 unspecified atom stereocenters. The third kappa shape index (κ3) is 5.46. The first-order chi connectivity index (χ1) is 16.0. The average Bonchev–Trinajstić information content (AvgIpc) is 3.31. The predicted octanol–water partition coefficient (Wildman–Crippen LogP) is 4.82. The van der Waals surface area contributed by atoms with Crippen molar-refractivity contribution >= 4 is 17.5 Å². The van der Waals surface area contributed by atoms with E-state index in [0.717, 1.165) is 11.1 Å². The van der Waals surface area contributed by atoms with Crippen molar-refractivity contribution < 1.29 is 18.7 Å². The fourth-order valence-electron chi connectivity index (χ4n) is 3.22. The van der Waals surface area contributed by atoms with Crippen molar-refractivity contribution in [3.8, 4) is 28.5 Å². The number of rotatable bonds is 8. The molecule has 0 spiro atoms. The number of hydrogen-bond donors (Lipinski definition) is 2. The van der Waals surface area contributed by atoms with Gasteiger partial charge in [0.1, 0.15) is 5.75 Å². The van der Waals surface area contributed by atoms with Gasteiger partial charge in [-0.3, -0.25) is 9.59 Å². The third-order valence-corrected chi connectivity index (χ3v) is 4.97. The van der Waals surface area contributed by atoms with Gasteiger partial charge in [0.25, 0.3) is 5.91 Å².